The van der Waals surface area contributed by atoms with Crippen molar-refractivity contribution in [3.05, 3.63) is 11.9 Å². The second kappa shape index (κ2) is 7.09. The van der Waals surface area contributed by atoms with E-state index >= 15 is 0 Å². The van der Waals surface area contributed by atoms with E-state index in [-0.39, 0.29) is 0 Å². The summed E-state index contributed by atoms with van der Waals surface area (Å²) in [6.07, 6.45) is 2.41. The topological polar surface area (TPSA) is 41.0 Å². The summed E-state index contributed by atoms with van der Waals surface area (Å²) in [5.41, 5.74) is 0. The van der Waals surface area contributed by atoms with Gasteiger partial charge in [-0.2, -0.15) is 0 Å². The Balaban J connectivity index is 2.85. The number of nitrogens with one attached hydrogen (secondary N) is 1. The molecular weight excluding hydrogens is 212 g/mol. The number of hydrogen-bond donors (Lipinski definition) is 1. The lowest BCUT2D eigenvalue weighted by Gasteiger charge is -2.22. The molecule has 4 nitrogen and oxygen atoms in total. The molecule has 0 fully saturated rings. The molecule has 0 unspecified atom stereocenters. The second-order valence-electron chi connectivity index (χ2n) is 4.12. The highest BCUT2D eigenvalue weighted by Gasteiger charge is 2.08. The van der Waals surface area contributed by atoms with Crippen molar-refractivity contribution in [3.8, 4) is 0 Å². The molecule has 1 heterocycles. The van der Waals surface area contributed by atoms with Crippen LogP contribution in [-0.2, 0) is 0 Å². The van der Waals surface area contributed by atoms with Gasteiger partial charge in [0, 0.05) is 25.7 Å². The van der Waals surface area contributed by atoms with Crippen molar-refractivity contribution >= 4 is 11.6 Å². The van der Waals surface area contributed by atoms with Gasteiger partial charge >= 0.3 is 0 Å². The van der Waals surface area contributed by atoms with Crippen LogP contribution in [-0.4, -0.2) is 29.6 Å². The van der Waals surface area contributed by atoms with Gasteiger partial charge in [0.15, 0.2) is 0 Å². The van der Waals surface area contributed by atoms with E-state index in [9.17, 15) is 0 Å². The van der Waals surface area contributed by atoms with Gasteiger partial charge in [0.2, 0.25) is 0 Å². The third-order valence-electron chi connectivity index (χ3n) is 2.67. The Labute approximate surface area is 104 Å². The summed E-state index contributed by atoms with van der Waals surface area (Å²) in [5.74, 6) is 2.78. The Morgan fingerprint density at radius 1 is 1.24 bits per heavy atom. The molecule has 0 spiro atoms. The molecule has 0 aromatic carbocycles. The molecule has 0 radical (unpaired) electrons. The first-order valence-electron chi connectivity index (χ1n) is 6.55. The quantitative estimate of drug-likeness (QED) is 0.790. The normalized spacial score (nSPS) is 10.4. The minimum absolute atomic E-state index is 0.827. The third-order valence-corrected chi connectivity index (χ3v) is 2.67. The van der Waals surface area contributed by atoms with Crippen LogP contribution < -0.4 is 10.2 Å². The maximum absolute atomic E-state index is 4.51. The average molecular weight is 236 g/mol. The van der Waals surface area contributed by atoms with E-state index in [0.29, 0.717) is 0 Å². The first-order chi connectivity index (χ1) is 8.21. The fourth-order valence-corrected chi connectivity index (χ4v) is 1.77. The van der Waals surface area contributed by atoms with Crippen LogP contribution in [0.3, 0.4) is 0 Å². The largest absolute Gasteiger partial charge is 0.370 e. The van der Waals surface area contributed by atoms with Gasteiger partial charge in [0.1, 0.15) is 17.5 Å². The van der Waals surface area contributed by atoms with Crippen molar-refractivity contribution < 1.29 is 0 Å². The van der Waals surface area contributed by atoms with E-state index in [2.05, 4.69) is 41.0 Å². The molecule has 0 saturated carbocycles. The molecule has 0 amide bonds. The van der Waals surface area contributed by atoms with Crippen LogP contribution in [0.4, 0.5) is 11.6 Å². The van der Waals surface area contributed by atoms with Crippen molar-refractivity contribution in [2.75, 3.05) is 29.9 Å². The Morgan fingerprint density at radius 3 is 2.59 bits per heavy atom. The maximum atomic E-state index is 4.51. The summed E-state index contributed by atoms with van der Waals surface area (Å²) in [6, 6.07) is 2.04. The Kier molecular flexibility index (Phi) is 5.73. The average Bonchev–Trinajstić information content (AvgIpc) is 2.30. The molecule has 1 rings (SSSR count). The predicted octanol–water partition coefficient (Wildman–Crippen LogP) is 2.84. The molecule has 0 atom stereocenters. The van der Waals surface area contributed by atoms with Gasteiger partial charge in [-0.1, -0.05) is 13.3 Å². The number of hydrogen-bond acceptors (Lipinski definition) is 4. The van der Waals surface area contributed by atoms with E-state index < -0.39 is 0 Å². The van der Waals surface area contributed by atoms with Crippen molar-refractivity contribution in [1.82, 2.24) is 9.97 Å². The van der Waals surface area contributed by atoms with Gasteiger partial charge in [-0.25, -0.2) is 9.97 Å². The standard InChI is InChI=1S/C13H24N4/c1-5-8-9-17(7-3)13-10-12(14-6-2)15-11(4)16-13/h10H,5-9H2,1-4H3,(H,14,15,16). The maximum Gasteiger partial charge on any atom is 0.134 e. The van der Waals surface area contributed by atoms with E-state index in [1.165, 1.54) is 12.8 Å². The molecule has 0 bridgehead atoms. The van der Waals surface area contributed by atoms with Gasteiger partial charge in [-0.15, -0.1) is 0 Å². The van der Waals surface area contributed by atoms with E-state index in [0.717, 1.165) is 37.1 Å². The minimum Gasteiger partial charge on any atom is -0.370 e. The van der Waals surface area contributed by atoms with Crippen LogP contribution in [0.2, 0.25) is 0 Å². The van der Waals surface area contributed by atoms with Crippen molar-refractivity contribution in [2.24, 2.45) is 0 Å². The first kappa shape index (κ1) is 13.7. The van der Waals surface area contributed by atoms with Crippen LogP contribution in [0.1, 0.15) is 39.4 Å². The van der Waals surface area contributed by atoms with Crippen LogP contribution >= 0.6 is 0 Å². The number of unbranched alkanes of at least 4 members (excludes halogenated alkanes) is 1. The minimum atomic E-state index is 0.827. The number of aryl methyl sites for hydroxylation is 1. The summed E-state index contributed by atoms with van der Waals surface area (Å²) in [5, 5.41) is 3.25. The Morgan fingerprint density at radius 2 is 2.00 bits per heavy atom. The molecule has 96 valence electrons. The van der Waals surface area contributed by atoms with Gasteiger partial charge in [-0.3, -0.25) is 0 Å². The smallest absolute Gasteiger partial charge is 0.134 e. The van der Waals surface area contributed by atoms with E-state index in [1.807, 2.05) is 13.0 Å². The van der Waals surface area contributed by atoms with Gasteiger partial charge in [0.05, 0.1) is 0 Å². The van der Waals surface area contributed by atoms with Crippen LogP contribution in [0, 0.1) is 6.92 Å². The zero-order valence-electron chi connectivity index (χ0n) is 11.5. The van der Waals surface area contributed by atoms with Crippen LogP contribution in [0.25, 0.3) is 0 Å². The summed E-state index contributed by atoms with van der Waals surface area (Å²) in [7, 11) is 0. The third kappa shape index (κ3) is 4.21. The van der Waals surface area contributed by atoms with Gasteiger partial charge in [-0.05, 0) is 27.2 Å². The van der Waals surface area contributed by atoms with E-state index in [4.69, 9.17) is 0 Å². The summed E-state index contributed by atoms with van der Waals surface area (Å²) < 4.78 is 0. The molecule has 0 aliphatic carbocycles. The van der Waals surface area contributed by atoms with Gasteiger partial charge in [0.25, 0.3) is 0 Å². The number of rotatable bonds is 7. The number of anilines is 2. The first-order valence-corrected chi connectivity index (χ1v) is 6.55. The predicted molar refractivity (Wildman–Crippen MR) is 73.7 cm³/mol. The van der Waals surface area contributed by atoms with E-state index in [1.54, 1.807) is 0 Å². The lowest BCUT2D eigenvalue weighted by molar-refractivity contribution is 0.721. The highest BCUT2D eigenvalue weighted by atomic mass is 15.2. The Hall–Kier alpha value is -1.32. The van der Waals surface area contributed by atoms with Gasteiger partial charge < -0.3 is 10.2 Å². The molecule has 4 heteroatoms. The lowest BCUT2D eigenvalue weighted by atomic mass is 10.3. The Bertz CT molecular complexity index is 338. The summed E-state index contributed by atoms with van der Waals surface area (Å²) in [6.45, 7) is 11.3. The highest BCUT2D eigenvalue weighted by Crippen LogP contribution is 2.16. The molecule has 1 aromatic rings. The zero-order chi connectivity index (χ0) is 12.7. The highest BCUT2D eigenvalue weighted by molar-refractivity contribution is 5.49. The summed E-state index contributed by atoms with van der Waals surface area (Å²) in [4.78, 5) is 11.2. The molecule has 0 aliphatic heterocycles. The lowest BCUT2D eigenvalue weighted by Crippen LogP contribution is -2.25. The number of nitrogens with zero attached hydrogens (tertiary/aromatic N) is 3. The van der Waals surface area contributed by atoms with Crippen LogP contribution in [0.15, 0.2) is 6.07 Å². The fourth-order valence-electron chi connectivity index (χ4n) is 1.77. The van der Waals surface area contributed by atoms with Crippen molar-refractivity contribution in [3.63, 3.8) is 0 Å². The molecule has 1 aromatic heterocycles. The molecule has 0 saturated heterocycles. The SMILES string of the molecule is CCCCN(CC)c1cc(NCC)nc(C)n1. The number of aromatic nitrogens is 2. The fraction of sp³-hybridized carbons (Fsp3) is 0.692. The molecule has 0 aliphatic rings. The van der Waals surface area contributed by atoms with Crippen molar-refractivity contribution in [2.45, 2.75) is 40.5 Å². The van der Waals surface area contributed by atoms with Crippen molar-refractivity contribution in [1.29, 1.82) is 0 Å². The monoisotopic (exact) mass is 236 g/mol. The molecule has 1 N–H and O–H groups in total. The summed E-state index contributed by atoms with van der Waals surface area (Å²) >= 11 is 0. The van der Waals surface area contributed by atoms with Crippen LogP contribution in [0.5, 0.6) is 0 Å². The second-order valence-corrected chi connectivity index (χ2v) is 4.12. The zero-order valence-corrected chi connectivity index (χ0v) is 11.5. The molecule has 17 heavy (non-hydrogen) atoms. The molecular formula is C13H24N4.